The largest absolute Gasteiger partial charge is 0.340 e. The molecule has 0 radical (unpaired) electrons. The number of hydrogen-bond donors (Lipinski definition) is 2. The second-order valence-electron chi connectivity index (χ2n) is 8.19. The van der Waals surface area contributed by atoms with E-state index in [0.29, 0.717) is 11.1 Å². The lowest BCUT2D eigenvalue weighted by atomic mass is 10.0. The molecule has 28 heavy (non-hydrogen) atoms. The average Bonchev–Trinajstić information content (AvgIpc) is 3.19. The van der Waals surface area contributed by atoms with Crippen LogP contribution in [0.5, 0.6) is 0 Å². The first-order valence-corrected chi connectivity index (χ1v) is 11.8. The van der Waals surface area contributed by atoms with Crippen molar-refractivity contribution in [3.63, 3.8) is 0 Å². The lowest BCUT2D eigenvalue weighted by Crippen LogP contribution is -2.21. The van der Waals surface area contributed by atoms with Gasteiger partial charge in [0.25, 0.3) is 0 Å². The van der Waals surface area contributed by atoms with Gasteiger partial charge < -0.3 is 9.55 Å². The molecule has 0 unspecified atom stereocenters. The molecule has 0 bridgehead atoms. The van der Waals surface area contributed by atoms with E-state index in [2.05, 4.69) is 21.9 Å². The molecule has 0 spiro atoms. The maximum Gasteiger partial charge on any atom is 0.182 e. The summed E-state index contributed by atoms with van der Waals surface area (Å²) < 4.78 is 1.92. The Morgan fingerprint density at radius 3 is 1.79 bits per heavy atom. The molecule has 2 N–H and O–H groups in total. The molecule has 0 aliphatic heterocycles. The van der Waals surface area contributed by atoms with E-state index in [4.69, 9.17) is 5.41 Å². The van der Waals surface area contributed by atoms with Crippen LogP contribution in [0.4, 0.5) is 0 Å². The molecule has 2 aromatic heterocycles. The molecule has 0 fully saturated rings. The molecule has 2 rings (SSSR count). The molecule has 5 heteroatoms. The van der Waals surface area contributed by atoms with E-state index in [1.54, 1.807) is 12.7 Å². The number of imidazole rings is 1. The zero-order valence-corrected chi connectivity index (χ0v) is 18.0. The minimum atomic E-state index is 0.489. The fourth-order valence-electron chi connectivity index (χ4n) is 3.88. The Labute approximate surface area is 170 Å². The molecule has 2 heterocycles. The highest BCUT2D eigenvalue weighted by molar-refractivity contribution is 5.67. The molecule has 0 saturated carbocycles. The van der Waals surface area contributed by atoms with Crippen LogP contribution in [0.15, 0.2) is 12.7 Å². The van der Waals surface area contributed by atoms with Gasteiger partial charge in [-0.15, -0.1) is 0 Å². The van der Waals surface area contributed by atoms with Crippen LogP contribution in [0.1, 0.15) is 110 Å². The monoisotopic (exact) mass is 387 g/mol. The van der Waals surface area contributed by atoms with E-state index in [1.165, 1.54) is 96.3 Å². The van der Waals surface area contributed by atoms with Gasteiger partial charge in [0.2, 0.25) is 0 Å². The summed E-state index contributed by atoms with van der Waals surface area (Å²) in [5.41, 5.74) is 1.86. The van der Waals surface area contributed by atoms with Gasteiger partial charge in [0.1, 0.15) is 5.52 Å². The third-order valence-corrected chi connectivity index (χ3v) is 5.72. The normalized spacial score (nSPS) is 11.5. The second kappa shape index (κ2) is 14.4. The third-order valence-electron chi connectivity index (χ3n) is 5.72. The van der Waals surface area contributed by atoms with Crippen molar-refractivity contribution in [2.24, 2.45) is 0 Å². The van der Waals surface area contributed by atoms with E-state index in [1.807, 2.05) is 4.57 Å². The maximum atomic E-state index is 8.20. The molecule has 158 valence electrons. The first-order chi connectivity index (χ1) is 13.8. The number of hydrogen-bond acceptors (Lipinski definition) is 3. The van der Waals surface area contributed by atoms with Crippen molar-refractivity contribution in [3.05, 3.63) is 18.1 Å². The van der Waals surface area contributed by atoms with Gasteiger partial charge in [0.15, 0.2) is 11.1 Å². The van der Waals surface area contributed by atoms with Crippen molar-refractivity contribution in [3.8, 4) is 0 Å². The second-order valence-corrected chi connectivity index (χ2v) is 8.19. The Kier molecular flexibility index (Phi) is 11.6. The number of fused-ring (bicyclic) bond motifs is 1. The highest BCUT2D eigenvalue weighted by Gasteiger charge is 2.02. The topological polar surface area (TPSA) is 70.3 Å². The van der Waals surface area contributed by atoms with Gasteiger partial charge in [0.05, 0.1) is 12.7 Å². The zero-order valence-electron chi connectivity index (χ0n) is 18.0. The molecule has 0 aliphatic carbocycles. The summed E-state index contributed by atoms with van der Waals surface area (Å²) in [7, 11) is 0. The minimum Gasteiger partial charge on any atom is -0.340 e. The summed E-state index contributed by atoms with van der Waals surface area (Å²) in [6, 6.07) is 0. The smallest absolute Gasteiger partial charge is 0.182 e. The van der Waals surface area contributed by atoms with Crippen LogP contribution < -0.4 is 5.49 Å². The number of nitrogens with one attached hydrogen (secondary N) is 2. The molecule has 0 saturated heterocycles. The van der Waals surface area contributed by atoms with Crippen LogP contribution in [0.2, 0.25) is 0 Å². The minimum absolute atomic E-state index is 0.489. The molecular weight excluding hydrogens is 346 g/mol. The van der Waals surface area contributed by atoms with Gasteiger partial charge in [-0.25, -0.2) is 9.97 Å². The summed E-state index contributed by atoms with van der Waals surface area (Å²) in [6.45, 7) is 3.16. The first kappa shape index (κ1) is 22.6. The Morgan fingerprint density at radius 1 is 0.750 bits per heavy atom. The van der Waals surface area contributed by atoms with Crippen molar-refractivity contribution in [1.82, 2.24) is 19.5 Å². The fourth-order valence-corrected chi connectivity index (χ4v) is 3.88. The number of aromatic amines is 1. The quantitative estimate of drug-likeness (QED) is 0.304. The van der Waals surface area contributed by atoms with E-state index in [-0.39, 0.29) is 0 Å². The Balaban J connectivity index is 1.37. The van der Waals surface area contributed by atoms with E-state index >= 15 is 0 Å². The van der Waals surface area contributed by atoms with Crippen molar-refractivity contribution >= 4 is 11.2 Å². The third kappa shape index (κ3) is 8.57. The molecule has 0 amide bonds. The molecule has 5 nitrogen and oxygen atoms in total. The Morgan fingerprint density at radius 2 is 1.25 bits per heavy atom. The predicted octanol–water partition coefficient (Wildman–Crippen LogP) is 6.50. The van der Waals surface area contributed by atoms with Crippen LogP contribution in [0.3, 0.4) is 0 Å². The van der Waals surface area contributed by atoms with Gasteiger partial charge >= 0.3 is 0 Å². The summed E-state index contributed by atoms with van der Waals surface area (Å²) in [6.07, 6.45) is 25.5. The molecule has 0 atom stereocenters. The van der Waals surface area contributed by atoms with Gasteiger partial charge in [0, 0.05) is 6.54 Å². The van der Waals surface area contributed by atoms with Crippen molar-refractivity contribution in [2.75, 3.05) is 0 Å². The first-order valence-electron chi connectivity index (χ1n) is 11.8. The van der Waals surface area contributed by atoms with Crippen molar-refractivity contribution < 1.29 is 0 Å². The van der Waals surface area contributed by atoms with Gasteiger partial charge in [-0.3, -0.25) is 5.41 Å². The van der Waals surface area contributed by atoms with Crippen LogP contribution in [0.25, 0.3) is 11.2 Å². The zero-order chi connectivity index (χ0) is 19.9. The van der Waals surface area contributed by atoms with Crippen molar-refractivity contribution in [2.45, 2.75) is 116 Å². The van der Waals surface area contributed by atoms with Crippen LogP contribution >= 0.6 is 0 Å². The lowest BCUT2D eigenvalue weighted by molar-refractivity contribution is 0.516. The molecular formula is C23H41N5. The van der Waals surface area contributed by atoms with Crippen molar-refractivity contribution in [1.29, 1.82) is 5.41 Å². The SMILES string of the molecule is CCCCCCCCCCCCCCCCCCn1cnc2nc[nH]c2c1=N. The number of rotatable bonds is 17. The van der Waals surface area contributed by atoms with Crippen LogP contribution in [-0.4, -0.2) is 19.5 Å². The summed E-state index contributed by atoms with van der Waals surface area (Å²) >= 11 is 0. The predicted molar refractivity (Wildman–Crippen MR) is 117 cm³/mol. The number of unbranched alkanes of at least 4 members (excludes halogenated alkanes) is 15. The molecule has 2 aromatic rings. The lowest BCUT2D eigenvalue weighted by Gasteiger charge is -2.06. The highest BCUT2D eigenvalue weighted by Crippen LogP contribution is 2.13. The van der Waals surface area contributed by atoms with Crippen LogP contribution in [-0.2, 0) is 6.54 Å². The highest BCUT2D eigenvalue weighted by atomic mass is 15.1. The average molecular weight is 388 g/mol. The fraction of sp³-hybridized carbons (Fsp3) is 0.783. The van der Waals surface area contributed by atoms with Gasteiger partial charge in [-0.1, -0.05) is 103 Å². The Hall–Kier alpha value is -1.65. The maximum absolute atomic E-state index is 8.20. The van der Waals surface area contributed by atoms with Gasteiger partial charge in [-0.05, 0) is 6.42 Å². The van der Waals surface area contributed by atoms with E-state index < -0.39 is 0 Å². The molecule has 0 aromatic carbocycles. The molecule has 0 aliphatic rings. The van der Waals surface area contributed by atoms with E-state index in [0.717, 1.165) is 18.5 Å². The number of aromatic nitrogens is 4. The van der Waals surface area contributed by atoms with Gasteiger partial charge in [-0.2, -0.15) is 0 Å². The number of H-pyrrole nitrogens is 1. The van der Waals surface area contributed by atoms with Crippen LogP contribution in [0, 0.1) is 5.41 Å². The summed E-state index contributed by atoms with van der Waals surface area (Å²) in [5, 5.41) is 8.20. The number of aryl methyl sites for hydroxylation is 1. The summed E-state index contributed by atoms with van der Waals surface area (Å²) in [4.78, 5) is 11.4. The van der Waals surface area contributed by atoms with E-state index in [9.17, 15) is 0 Å². The number of nitrogens with zero attached hydrogens (tertiary/aromatic N) is 3. The summed E-state index contributed by atoms with van der Waals surface area (Å²) in [5.74, 6) is 0. The standard InChI is InChI=1S/C23H41N5/c1-2-3-4-5-6-7-8-9-10-11-12-13-14-15-16-17-18-28-20-27-23-21(22(28)24)25-19-26-23/h19-20,24H,2-18H2,1H3,(H,25,26). The Bertz CT molecular complexity index is 688.